The van der Waals surface area contributed by atoms with E-state index in [4.69, 9.17) is 0 Å². The highest BCUT2D eigenvalue weighted by Gasteiger charge is 1.98. The van der Waals surface area contributed by atoms with Crippen LogP contribution in [0.3, 0.4) is 0 Å². The van der Waals surface area contributed by atoms with Gasteiger partial charge in [0.25, 0.3) is 0 Å². The summed E-state index contributed by atoms with van der Waals surface area (Å²) in [5, 5.41) is 2.63. The first-order valence-corrected chi connectivity index (χ1v) is 5.57. The molecule has 0 atom stereocenters. The first kappa shape index (κ1) is 11.3. The topological polar surface area (TPSA) is 42.0 Å². The molecule has 0 aliphatic rings. The average Bonchev–Trinajstić information content (AvgIpc) is 2.41. The smallest absolute Gasteiger partial charge is 0.207 e. The van der Waals surface area contributed by atoms with Gasteiger partial charge in [-0.3, -0.25) is 9.78 Å². The van der Waals surface area contributed by atoms with Gasteiger partial charge in [0.05, 0.1) is 5.69 Å². The molecule has 1 heterocycles. The van der Waals surface area contributed by atoms with Gasteiger partial charge >= 0.3 is 0 Å². The van der Waals surface area contributed by atoms with Gasteiger partial charge in [-0.1, -0.05) is 36.4 Å². The lowest BCUT2D eigenvalue weighted by Crippen LogP contribution is -2.14. The minimum atomic E-state index is 0.649. The molecule has 0 fully saturated rings. The average molecular weight is 226 g/mol. The highest BCUT2D eigenvalue weighted by atomic mass is 16.1. The van der Waals surface area contributed by atoms with Crippen molar-refractivity contribution in [1.82, 2.24) is 10.3 Å². The van der Waals surface area contributed by atoms with Gasteiger partial charge in [-0.05, 0) is 18.1 Å². The molecule has 0 aliphatic carbocycles. The van der Waals surface area contributed by atoms with Crippen molar-refractivity contribution in [2.24, 2.45) is 0 Å². The van der Waals surface area contributed by atoms with Crippen LogP contribution in [0.4, 0.5) is 0 Å². The van der Waals surface area contributed by atoms with Gasteiger partial charge in [0.1, 0.15) is 0 Å². The normalized spacial score (nSPS) is 9.88. The van der Waals surface area contributed by atoms with E-state index in [1.54, 1.807) is 0 Å². The molecule has 17 heavy (non-hydrogen) atoms. The fraction of sp³-hybridized carbons (Fsp3) is 0.143. The second kappa shape index (κ2) is 5.80. The predicted octanol–water partition coefficient (Wildman–Crippen LogP) is 2.04. The summed E-state index contributed by atoms with van der Waals surface area (Å²) in [5.74, 6) is 0. The Bertz CT molecular complexity index is 465. The minimum Gasteiger partial charge on any atom is -0.358 e. The fourth-order valence-electron chi connectivity index (χ4n) is 1.63. The molecule has 0 unspecified atom stereocenters. The molecule has 0 radical (unpaired) electrons. The Morgan fingerprint density at radius 3 is 2.59 bits per heavy atom. The van der Waals surface area contributed by atoms with E-state index in [1.807, 2.05) is 48.7 Å². The van der Waals surface area contributed by atoms with E-state index < -0.39 is 0 Å². The summed E-state index contributed by atoms with van der Waals surface area (Å²) >= 11 is 0. The molecule has 1 amide bonds. The van der Waals surface area contributed by atoms with Crippen molar-refractivity contribution in [3.8, 4) is 11.3 Å². The third-order valence-electron chi connectivity index (χ3n) is 2.54. The van der Waals surface area contributed by atoms with Crippen molar-refractivity contribution in [2.45, 2.75) is 6.42 Å². The fourth-order valence-corrected chi connectivity index (χ4v) is 1.63. The standard InChI is InChI=1S/C14H14N2O/c17-11-15-9-8-12-6-7-14(16-10-12)13-4-2-1-3-5-13/h1-7,10-11H,8-9H2,(H,15,17). The highest BCUT2D eigenvalue weighted by Crippen LogP contribution is 2.16. The zero-order valence-corrected chi connectivity index (χ0v) is 9.47. The van der Waals surface area contributed by atoms with Gasteiger partial charge < -0.3 is 5.32 Å². The van der Waals surface area contributed by atoms with E-state index >= 15 is 0 Å². The first-order valence-electron chi connectivity index (χ1n) is 5.57. The van der Waals surface area contributed by atoms with E-state index in [0.29, 0.717) is 13.0 Å². The SMILES string of the molecule is O=CNCCc1ccc(-c2ccccc2)nc1. The van der Waals surface area contributed by atoms with Crippen LogP contribution in [0.5, 0.6) is 0 Å². The summed E-state index contributed by atoms with van der Waals surface area (Å²) in [5.41, 5.74) is 3.21. The maximum atomic E-state index is 10.1. The Morgan fingerprint density at radius 2 is 1.94 bits per heavy atom. The first-order chi connectivity index (χ1) is 8.40. The van der Waals surface area contributed by atoms with Gasteiger partial charge in [0.15, 0.2) is 0 Å². The molecule has 1 N–H and O–H groups in total. The Labute approximate surface area is 101 Å². The van der Waals surface area contributed by atoms with Gasteiger partial charge in [-0.2, -0.15) is 0 Å². The van der Waals surface area contributed by atoms with Crippen molar-refractivity contribution in [1.29, 1.82) is 0 Å². The number of nitrogens with one attached hydrogen (secondary N) is 1. The van der Waals surface area contributed by atoms with Crippen LogP contribution in [-0.4, -0.2) is 17.9 Å². The number of aromatic nitrogens is 1. The molecular formula is C14H14N2O. The van der Waals surface area contributed by atoms with Gasteiger partial charge in [0.2, 0.25) is 6.41 Å². The number of hydrogen-bond acceptors (Lipinski definition) is 2. The van der Waals surface area contributed by atoms with Crippen molar-refractivity contribution >= 4 is 6.41 Å². The summed E-state index contributed by atoms with van der Waals surface area (Å²) in [6.07, 6.45) is 3.38. The summed E-state index contributed by atoms with van der Waals surface area (Å²) < 4.78 is 0. The van der Waals surface area contributed by atoms with E-state index in [1.165, 1.54) is 0 Å². The van der Waals surface area contributed by atoms with E-state index in [-0.39, 0.29) is 0 Å². The number of rotatable bonds is 5. The van der Waals surface area contributed by atoms with Crippen LogP contribution in [0, 0.1) is 0 Å². The molecule has 0 saturated heterocycles. The maximum Gasteiger partial charge on any atom is 0.207 e. The van der Waals surface area contributed by atoms with Crippen molar-refractivity contribution in [3.05, 3.63) is 54.2 Å². The van der Waals surface area contributed by atoms with Crippen LogP contribution in [0.2, 0.25) is 0 Å². The van der Waals surface area contributed by atoms with Crippen molar-refractivity contribution in [3.63, 3.8) is 0 Å². The quantitative estimate of drug-likeness (QED) is 0.626. The number of carbonyl (C=O) groups excluding carboxylic acids is 1. The summed E-state index contributed by atoms with van der Waals surface area (Å²) in [6.45, 7) is 0.649. The highest BCUT2D eigenvalue weighted by molar-refractivity contribution is 5.58. The van der Waals surface area contributed by atoms with Crippen molar-refractivity contribution in [2.75, 3.05) is 6.54 Å². The zero-order valence-electron chi connectivity index (χ0n) is 9.47. The molecule has 2 aromatic rings. The second-order valence-electron chi connectivity index (χ2n) is 3.74. The Morgan fingerprint density at radius 1 is 1.12 bits per heavy atom. The second-order valence-corrected chi connectivity index (χ2v) is 3.74. The number of pyridine rings is 1. The lowest BCUT2D eigenvalue weighted by atomic mass is 10.1. The molecule has 3 heteroatoms. The Balaban J connectivity index is 2.05. The van der Waals surface area contributed by atoms with Crippen LogP contribution in [0.25, 0.3) is 11.3 Å². The molecular weight excluding hydrogens is 212 g/mol. The Hall–Kier alpha value is -2.16. The molecule has 1 aromatic carbocycles. The third kappa shape index (κ3) is 3.14. The molecule has 0 spiro atoms. The lowest BCUT2D eigenvalue weighted by molar-refractivity contribution is -0.109. The predicted molar refractivity (Wildman–Crippen MR) is 67.4 cm³/mol. The maximum absolute atomic E-state index is 10.1. The molecule has 0 aliphatic heterocycles. The van der Waals surface area contributed by atoms with Crippen LogP contribution in [0.15, 0.2) is 48.7 Å². The van der Waals surface area contributed by atoms with Crippen LogP contribution >= 0.6 is 0 Å². The molecule has 86 valence electrons. The number of hydrogen-bond donors (Lipinski definition) is 1. The molecule has 0 bridgehead atoms. The largest absolute Gasteiger partial charge is 0.358 e. The molecule has 0 saturated carbocycles. The van der Waals surface area contributed by atoms with Crippen molar-refractivity contribution < 1.29 is 4.79 Å². The summed E-state index contributed by atoms with van der Waals surface area (Å²) in [6, 6.07) is 14.1. The third-order valence-corrected chi connectivity index (χ3v) is 2.54. The Kier molecular flexibility index (Phi) is 3.86. The van der Waals surface area contributed by atoms with Crippen LogP contribution < -0.4 is 5.32 Å². The van der Waals surface area contributed by atoms with Crippen LogP contribution in [-0.2, 0) is 11.2 Å². The minimum absolute atomic E-state index is 0.649. The van der Waals surface area contributed by atoms with Crippen LogP contribution in [0.1, 0.15) is 5.56 Å². The number of nitrogens with zero attached hydrogens (tertiary/aromatic N) is 1. The van der Waals surface area contributed by atoms with Gasteiger partial charge in [-0.25, -0.2) is 0 Å². The van der Waals surface area contributed by atoms with Gasteiger partial charge in [-0.15, -0.1) is 0 Å². The number of amides is 1. The molecule has 3 nitrogen and oxygen atoms in total. The molecule has 2 rings (SSSR count). The number of benzene rings is 1. The monoisotopic (exact) mass is 226 g/mol. The van der Waals surface area contributed by atoms with E-state index in [0.717, 1.165) is 23.2 Å². The zero-order chi connectivity index (χ0) is 11.9. The summed E-state index contributed by atoms with van der Waals surface area (Å²) in [7, 11) is 0. The molecule has 1 aromatic heterocycles. The summed E-state index contributed by atoms with van der Waals surface area (Å²) in [4.78, 5) is 14.5. The number of carbonyl (C=O) groups is 1. The van der Waals surface area contributed by atoms with E-state index in [2.05, 4.69) is 10.3 Å². The lowest BCUT2D eigenvalue weighted by Gasteiger charge is -2.03. The van der Waals surface area contributed by atoms with E-state index in [9.17, 15) is 4.79 Å². The van der Waals surface area contributed by atoms with Gasteiger partial charge in [0, 0.05) is 18.3 Å².